The van der Waals surface area contributed by atoms with Crippen LogP contribution in [0.4, 0.5) is 13.2 Å². The van der Waals surface area contributed by atoms with E-state index < -0.39 is 17.8 Å². The Hall–Kier alpha value is -2.73. The number of thiazole rings is 1. The minimum Gasteiger partial charge on any atom is -0.491 e. The molecular formula is C27H31F3N4O3S. The molecule has 0 amide bonds. The molecule has 1 saturated heterocycles. The van der Waals surface area contributed by atoms with Crippen molar-refractivity contribution in [3.05, 3.63) is 58.6 Å². The van der Waals surface area contributed by atoms with E-state index in [0.717, 1.165) is 52.7 Å². The van der Waals surface area contributed by atoms with Crippen LogP contribution in [-0.4, -0.2) is 77.1 Å². The van der Waals surface area contributed by atoms with E-state index >= 15 is 0 Å². The first-order valence-corrected chi connectivity index (χ1v) is 13.5. The molecule has 5 rings (SSSR count). The number of aromatic nitrogens is 1. The van der Waals surface area contributed by atoms with Crippen molar-refractivity contribution in [3.8, 4) is 5.75 Å². The highest BCUT2D eigenvalue weighted by Gasteiger charge is 2.32. The van der Waals surface area contributed by atoms with Crippen molar-refractivity contribution in [2.24, 2.45) is 5.16 Å². The number of β-amino-alcohol motifs (C(OH)–C–C–N with tert-alkyl or cyclic N) is 1. The lowest BCUT2D eigenvalue weighted by Gasteiger charge is -2.40. The van der Waals surface area contributed by atoms with Gasteiger partial charge in [-0.15, -0.1) is 11.3 Å². The van der Waals surface area contributed by atoms with Crippen molar-refractivity contribution in [2.45, 2.75) is 44.7 Å². The molecule has 1 unspecified atom stereocenters. The smallest absolute Gasteiger partial charge is 0.416 e. The number of halogens is 3. The van der Waals surface area contributed by atoms with Crippen LogP contribution in [-0.2, 0) is 11.0 Å². The van der Waals surface area contributed by atoms with E-state index in [1.165, 1.54) is 12.1 Å². The van der Waals surface area contributed by atoms with E-state index in [-0.39, 0.29) is 18.8 Å². The number of rotatable bonds is 8. The third kappa shape index (κ3) is 6.45. The summed E-state index contributed by atoms with van der Waals surface area (Å²) < 4.78 is 45.4. The Labute approximate surface area is 223 Å². The molecule has 3 atom stereocenters. The molecule has 0 bridgehead atoms. The van der Waals surface area contributed by atoms with Gasteiger partial charge in [0.05, 0.1) is 26.5 Å². The molecule has 1 aromatic heterocycles. The number of aryl methyl sites for hydroxylation is 1. The number of oxime groups is 1. The van der Waals surface area contributed by atoms with E-state index in [2.05, 4.69) is 26.9 Å². The van der Waals surface area contributed by atoms with Crippen LogP contribution < -0.4 is 4.74 Å². The van der Waals surface area contributed by atoms with Crippen molar-refractivity contribution >= 4 is 27.3 Å². The van der Waals surface area contributed by atoms with Crippen molar-refractivity contribution in [2.75, 3.05) is 39.3 Å². The van der Waals surface area contributed by atoms with Crippen molar-refractivity contribution in [1.82, 2.24) is 14.8 Å². The highest BCUT2D eigenvalue weighted by Crippen LogP contribution is 2.33. The molecule has 0 radical (unpaired) electrons. The fraction of sp³-hybridized carbons (Fsp3) is 0.481. The lowest BCUT2D eigenvalue weighted by molar-refractivity contribution is -0.137. The average Bonchev–Trinajstić information content (AvgIpc) is 3.49. The molecule has 7 nitrogen and oxygen atoms in total. The van der Waals surface area contributed by atoms with Crippen molar-refractivity contribution < 1.29 is 27.9 Å². The van der Waals surface area contributed by atoms with Crippen molar-refractivity contribution in [3.63, 3.8) is 0 Å². The summed E-state index contributed by atoms with van der Waals surface area (Å²) in [5.74, 6) is 0.703. The molecule has 1 N–H and O–H groups in total. The van der Waals surface area contributed by atoms with Gasteiger partial charge in [0.2, 0.25) is 0 Å². The lowest BCUT2D eigenvalue weighted by atomic mass is 10.0. The summed E-state index contributed by atoms with van der Waals surface area (Å²) in [5, 5.41) is 15.8. The van der Waals surface area contributed by atoms with E-state index in [0.29, 0.717) is 30.8 Å². The minimum absolute atomic E-state index is 0.209. The average molecular weight is 549 g/mol. The Morgan fingerprint density at radius 3 is 2.71 bits per heavy atom. The topological polar surface area (TPSA) is 70.4 Å². The number of hydrogen-bond donors (Lipinski definition) is 1. The highest BCUT2D eigenvalue weighted by molar-refractivity contribution is 7.18. The number of ether oxygens (including phenoxy) is 1. The molecule has 3 heterocycles. The summed E-state index contributed by atoms with van der Waals surface area (Å²) in [6.45, 7) is 7.94. The van der Waals surface area contributed by atoms with Gasteiger partial charge in [0.15, 0.2) is 6.10 Å². The van der Waals surface area contributed by atoms with Gasteiger partial charge in [0.1, 0.15) is 18.5 Å². The maximum Gasteiger partial charge on any atom is 0.416 e. The largest absolute Gasteiger partial charge is 0.491 e. The molecular weight excluding hydrogens is 517 g/mol. The summed E-state index contributed by atoms with van der Waals surface area (Å²) in [4.78, 5) is 14.6. The molecule has 38 heavy (non-hydrogen) atoms. The van der Waals surface area contributed by atoms with Crippen LogP contribution in [0.15, 0.2) is 47.6 Å². The number of alkyl halides is 3. The van der Waals surface area contributed by atoms with E-state index in [9.17, 15) is 18.3 Å². The first kappa shape index (κ1) is 26.9. The summed E-state index contributed by atoms with van der Waals surface area (Å²) in [7, 11) is 0. The first-order valence-electron chi connectivity index (χ1n) is 12.7. The van der Waals surface area contributed by atoms with Crippen LogP contribution >= 0.6 is 11.3 Å². The van der Waals surface area contributed by atoms with Gasteiger partial charge in [-0.25, -0.2) is 4.98 Å². The number of fused-ring (bicyclic) bond motifs is 1. The quantitative estimate of drug-likeness (QED) is 0.433. The standard InChI is InChI=1S/C27H31F3N4O3S/c1-17-13-33(14-21-11-25(37-32-21)19-3-5-20(6-4-19)27(28,29)30)9-10-34(17)15-22(35)16-36-23-7-8-26-24(12-23)31-18(2)38-26/h3-8,12,17,22,25,35H,9-11,13-16H2,1-2H3/t17-,22+,25?/m0/s1. The summed E-state index contributed by atoms with van der Waals surface area (Å²) in [6, 6.07) is 11.1. The van der Waals surface area contributed by atoms with Crippen LogP contribution in [0.2, 0.25) is 0 Å². The maximum absolute atomic E-state index is 12.8. The minimum atomic E-state index is -4.35. The van der Waals surface area contributed by atoms with Gasteiger partial charge in [-0.1, -0.05) is 17.3 Å². The molecule has 3 aromatic rings. The zero-order chi connectivity index (χ0) is 26.9. The molecule has 0 spiro atoms. The van der Waals surface area contributed by atoms with Gasteiger partial charge in [0, 0.05) is 51.3 Å². The molecule has 1 fully saturated rings. The Morgan fingerprint density at radius 2 is 1.97 bits per heavy atom. The monoisotopic (exact) mass is 548 g/mol. The summed E-state index contributed by atoms with van der Waals surface area (Å²) in [6.07, 6.45) is -4.77. The van der Waals surface area contributed by atoms with Crippen LogP contribution in [0.3, 0.4) is 0 Å². The molecule has 2 aliphatic heterocycles. The molecule has 0 aliphatic carbocycles. The number of piperazine rings is 1. The summed E-state index contributed by atoms with van der Waals surface area (Å²) in [5.41, 5.74) is 1.81. The number of hydrogen-bond acceptors (Lipinski definition) is 8. The number of nitrogens with zero attached hydrogens (tertiary/aromatic N) is 4. The van der Waals surface area contributed by atoms with Crippen LogP contribution in [0.25, 0.3) is 10.2 Å². The van der Waals surface area contributed by atoms with E-state index in [1.807, 2.05) is 25.1 Å². The zero-order valence-corrected chi connectivity index (χ0v) is 22.1. The van der Waals surface area contributed by atoms with Gasteiger partial charge in [-0.2, -0.15) is 13.2 Å². The molecule has 204 valence electrons. The second-order valence-corrected chi connectivity index (χ2v) is 11.2. The number of aliphatic hydroxyl groups excluding tert-OH is 1. The second-order valence-electron chi connectivity index (χ2n) is 9.98. The third-order valence-corrected chi connectivity index (χ3v) is 7.90. The number of benzene rings is 2. The van der Waals surface area contributed by atoms with Crippen LogP contribution in [0.5, 0.6) is 5.75 Å². The zero-order valence-electron chi connectivity index (χ0n) is 21.3. The molecule has 2 aliphatic rings. The Morgan fingerprint density at radius 1 is 1.18 bits per heavy atom. The molecule has 2 aromatic carbocycles. The Balaban J connectivity index is 1.05. The fourth-order valence-electron chi connectivity index (χ4n) is 4.96. The van der Waals surface area contributed by atoms with Crippen LogP contribution in [0.1, 0.15) is 35.6 Å². The van der Waals surface area contributed by atoms with Gasteiger partial charge in [-0.3, -0.25) is 9.80 Å². The molecule has 11 heteroatoms. The Kier molecular flexibility index (Phi) is 7.90. The van der Waals surface area contributed by atoms with E-state index in [1.54, 1.807) is 11.3 Å². The Bertz CT molecular complexity index is 1280. The molecule has 0 saturated carbocycles. The van der Waals surface area contributed by atoms with Crippen molar-refractivity contribution in [1.29, 1.82) is 0 Å². The van der Waals surface area contributed by atoms with Gasteiger partial charge < -0.3 is 14.7 Å². The predicted octanol–water partition coefficient (Wildman–Crippen LogP) is 4.89. The third-order valence-electron chi connectivity index (χ3n) is 6.95. The van der Waals surface area contributed by atoms with Crippen LogP contribution in [0, 0.1) is 6.92 Å². The van der Waals surface area contributed by atoms with Gasteiger partial charge in [-0.05, 0) is 43.7 Å². The number of aliphatic hydroxyl groups is 1. The summed E-state index contributed by atoms with van der Waals surface area (Å²) >= 11 is 1.64. The van der Waals surface area contributed by atoms with Gasteiger partial charge >= 0.3 is 6.18 Å². The van der Waals surface area contributed by atoms with E-state index in [4.69, 9.17) is 9.57 Å². The predicted molar refractivity (Wildman–Crippen MR) is 141 cm³/mol. The second kappa shape index (κ2) is 11.2. The maximum atomic E-state index is 12.8. The normalized spacial score (nSPS) is 21.9. The fourth-order valence-corrected chi connectivity index (χ4v) is 5.76. The SMILES string of the molecule is Cc1nc2cc(OC[C@H](O)CN3CCN(CC4=NOC(c5ccc(C(F)(F)F)cc5)C4)C[C@@H]3C)ccc2s1. The lowest BCUT2D eigenvalue weighted by Crippen LogP contribution is -2.54. The highest BCUT2D eigenvalue weighted by atomic mass is 32.1. The van der Waals surface area contributed by atoms with Gasteiger partial charge in [0.25, 0.3) is 0 Å². The first-order chi connectivity index (χ1) is 18.1.